The molecular weight excluding hydrogens is 277 g/mol. The molecule has 0 radical (unpaired) electrons. The molecule has 0 saturated carbocycles. The highest BCUT2D eigenvalue weighted by Gasteiger charge is 2.08. The van der Waals surface area contributed by atoms with Crippen LogP contribution < -0.4 is 15.2 Å². The first-order chi connectivity index (χ1) is 9.63. The molecule has 2 rings (SSSR count). The monoisotopic (exact) mass is 293 g/mol. The normalized spacial score (nSPS) is 10.3. The van der Waals surface area contributed by atoms with Crippen molar-refractivity contribution >= 4 is 17.4 Å². The van der Waals surface area contributed by atoms with Crippen LogP contribution in [0.4, 0.5) is 10.1 Å². The number of anilines is 1. The van der Waals surface area contributed by atoms with Crippen LogP contribution >= 0.6 is 11.8 Å². The van der Waals surface area contributed by atoms with Crippen LogP contribution in [0.3, 0.4) is 0 Å². The van der Waals surface area contributed by atoms with Crippen LogP contribution in [0, 0.1) is 5.82 Å². The van der Waals surface area contributed by atoms with Crippen molar-refractivity contribution in [2.45, 2.75) is 10.6 Å². The Bertz CT molecular complexity index is 604. The molecule has 2 N–H and O–H groups in total. The van der Waals surface area contributed by atoms with Gasteiger partial charge in [-0.1, -0.05) is 0 Å². The van der Waals surface area contributed by atoms with Gasteiger partial charge >= 0.3 is 0 Å². The summed E-state index contributed by atoms with van der Waals surface area (Å²) < 4.78 is 23.7. The number of hydrogen-bond donors (Lipinski definition) is 1. The molecule has 106 valence electrons. The zero-order chi connectivity index (χ0) is 14.5. The Balaban J connectivity index is 2.19. The molecule has 0 aliphatic rings. The van der Waals surface area contributed by atoms with Crippen molar-refractivity contribution in [2.24, 2.45) is 0 Å². The minimum absolute atomic E-state index is 0.292. The van der Waals surface area contributed by atoms with Crippen LogP contribution in [0.5, 0.6) is 11.5 Å². The van der Waals surface area contributed by atoms with Gasteiger partial charge in [-0.3, -0.25) is 0 Å². The molecule has 2 aromatic carbocycles. The van der Waals surface area contributed by atoms with E-state index in [0.29, 0.717) is 11.4 Å². The number of halogens is 1. The second kappa shape index (κ2) is 6.52. The van der Waals surface area contributed by atoms with Crippen molar-refractivity contribution in [1.29, 1.82) is 0 Å². The molecule has 0 spiro atoms. The number of ether oxygens (including phenoxy) is 2. The molecule has 0 aliphatic heterocycles. The number of rotatable bonds is 5. The average molecular weight is 293 g/mol. The maximum absolute atomic E-state index is 13.2. The van der Waals surface area contributed by atoms with Crippen molar-refractivity contribution in [3.8, 4) is 11.5 Å². The van der Waals surface area contributed by atoms with E-state index in [1.54, 1.807) is 20.3 Å². The summed E-state index contributed by atoms with van der Waals surface area (Å²) in [5, 5.41) is 0. The van der Waals surface area contributed by atoms with Crippen LogP contribution in [0.25, 0.3) is 0 Å². The standard InChI is InChI=1S/C15H16FNO2S/c1-18-12-4-6-14(19-2)10(7-12)9-20-15-8-11(16)3-5-13(15)17/h3-8H,9,17H2,1-2H3. The first-order valence-electron chi connectivity index (χ1n) is 6.02. The Morgan fingerprint density at radius 1 is 1.10 bits per heavy atom. The van der Waals surface area contributed by atoms with Crippen LogP contribution in [0.1, 0.15) is 5.56 Å². The molecule has 0 aromatic heterocycles. The van der Waals surface area contributed by atoms with E-state index in [1.165, 1.54) is 23.9 Å². The van der Waals surface area contributed by atoms with Gasteiger partial charge in [0, 0.05) is 21.9 Å². The van der Waals surface area contributed by atoms with Gasteiger partial charge in [0.05, 0.1) is 14.2 Å². The van der Waals surface area contributed by atoms with Gasteiger partial charge in [0.1, 0.15) is 17.3 Å². The Kier molecular flexibility index (Phi) is 4.74. The summed E-state index contributed by atoms with van der Waals surface area (Å²) in [6.07, 6.45) is 0. The van der Waals surface area contributed by atoms with Gasteiger partial charge in [-0.15, -0.1) is 11.8 Å². The number of nitrogen functional groups attached to an aromatic ring is 1. The summed E-state index contributed by atoms with van der Waals surface area (Å²) in [6.45, 7) is 0. The lowest BCUT2D eigenvalue weighted by Crippen LogP contribution is -1.94. The Morgan fingerprint density at radius 3 is 2.60 bits per heavy atom. The Labute approximate surface area is 121 Å². The molecule has 0 fully saturated rings. The summed E-state index contributed by atoms with van der Waals surface area (Å²) in [6, 6.07) is 9.95. The fourth-order valence-corrected chi connectivity index (χ4v) is 2.75. The maximum atomic E-state index is 13.2. The molecule has 0 heterocycles. The second-order valence-corrected chi connectivity index (χ2v) is 5.17. The molecule has 0 bridgehead atoms. The van der Waals surface area contributed by atoms with E-state index >= 15 is 0 Å². The summed E-state index contributed by atoms with van der Waals surface area (Å²) in [5.74, 6) is 1.86. The summed E-state index contributed by atoms with van der Waals surface area (Å²) >= 11 is 1.46. The van der Waals surface area contributed by atoms with E-state index in [9.17, 15) is 4.39 Å². The number of hydrogen-bond acceptors (Lipinski definition) is 4. The molecule has 0 unspecified atom stereocenters. The molecule has 0 saturated heterocycles. The van der Waals surface area contributed by atoms with Crippen LogP contribution in [-0.2, 0) is 5.75 Å². The van der Waals surface area contributed by atoms with E-state index in [1.807, 2.05) is 18.2 Å². The summed E-state index contributed by atoms with van der Waals surface area (Å²) in [5.41, 5.74) is 7.38. The van der Waals surface area contributed by atoms with Crippen molar-refractivity contribution < 1.29 is 13.9 Å². The Hall–Kier alpha value is -1.88. The molecule has 0 amide bonds. The van der Waals surface area contributed by atoms with Crippen LogP contribution in [-0.4, -0.2) is 14.2 Å². The molecule has 5 heteroatoms. The zero-order valence-corrected chi connectivity index (χ0v) is 12.2. The van der Waals surface area contributed by atoms with Gasteiger partial charge in [-0.2, -0.15) is 0 Å². The SMILES string of the molecule is COc1ccc(OC)c(CSc2cc(F)ccc2N)c1. The second-order valence-electron chi connectivity index (χ2n) is 4.15. The third kappa shape index (κ3) is 3.36. The fourth-order valence-electron chi connectivity index (χ4n) is 1.78. The molecule has 2 aromatic rings. The van der Waals surface area contributed by atoms with E-state index < -0.39 is 0 Å². The highest BCUT2D eigenvalue weighted by Crippen LogP contribution is 2.33. The van der Waals surface area contributed by atoms with Gasteiger partial charge in [0.15, 0.2) is 0 Å². The highest BCUT2D eigenvalue weighted by atomic mass is 32.2. The maximum Gasteiger partial charge on any atom is 0.124 e. The number of thioether (sulfide) groups is 1. The van der Waals surface area contributed by atoms with E-state index in [4.69, 9.17) is 15.2 Å². The fraction of sp³-hybridized carbons (Fsp3) is 0.200. The predicted molar refractivity (Wildman–Crippen MR) is 79.9 cm³/mol. The van der Waals surface area contributed by atoms with Crippen LogP contribution in [0.2, 0.25) is 0 Å². The van der Waals surface area contributed by atoms with E-state index in [0.717, 1.165) is 22.0 Å². The molecule has 0 aliphatic carbocycles. The lowest BCUT2D eigenvalue weighted by atomic mass is 10.2. The predicted octanol–water partition coefficient (Wildman–Crippen LogP) is 3.72. The van der Waals surface area contributed by atoms with Crippen molar-refractivity contribution in [3.63, 3.8) is 0 Å². The lowest BCUT2D eigenvalue weighted by Gasteiger charge is -2.11. The summed E-state index contributed by atoms with van der Waals surface area (Å²) in [4.78, 5) is 0.717. The molecular formula is C15H16FNO2S. The minimum atomic E-state index is -0.292. The quantitative estimate of drug-likeness (QED) is 0.674. The highest BCUT2D eigenvalue weighted by molar-refractivity contribution is 7.98. The van der Waals surface area contributed by atoms with Crippen molar-refractivity contribution in [2.75, 3.05) is 20.0 Å². The minimum Gasteiger partial charge on any atom is -0.497 e. The van der Waals surface area contributed by atoms with E-state index in [-0.39, 0.29) is 5.82 Å². The third-order valence-corrected chi connectivity index (χ3v) is 3.97. The van der Waals surface area contributed by atoms with Crippen LogP contribution in [0.15, 0.2) is 41.3 Å². The van der Waals surface area contributed by atoms with Gasteiger partial charge in [-0.05, 0) is 36.4 Å². The smallest absolute Gasteiger partial charge is 0.124 e. The lowest BCUT2D eigenvalue weighted by molar-refractivity contribution is 0.400. The number of benzene rings is 2. The first-order valence-corrected chi connectivity index (χ1v) is 7.01. The van der Waals surface area contributed by atoms with Gasteiger partial charge in [-0.25, -0.2) is 4.39 Å². The van der Waals surface area contributed by atoms with Gasteiger partial charge in [0.25, 0.3) is 0 Å². The number of methoxy groups -OCH3 is 2. The number of nitrogens with two attached hydrogens (primary N) is 1. The van der Waals surface area contributed by atoms with Crippen molar-refractivity contribution in [3.05, 3.63) is 47.8 Å². The topological polar surface area (TPSA) is 44.5 Å². The Morgan fingerprint density at radius 2 is 1.90 bits per heavy atom. The largest absolute Gasteiger partial charge is 0.497 e. The van der Waals surface area contributed by atoms with Gasteiger partial charge < -0.3 is 15.2 Å². The van der Waals surface area contributed by atoms with E-state index in [2.05, 4.69) is 0 Å². The zero-order valence-electron chi connectivity index (χ0n) is 11.4. The third-order valence-electron chi connectivity index (χ3n) is 2.85. The summed E-state index contributed by atoms with van der Waals surface area (Å²) in [7, 11) is 3.23. The molecule has 0 atom stereocenters. The van der Waals surface area contributed by atoms with Crippen molar-refractivity contribution in [1.82, 2.24) is 0 Å². The van der Waals surface area contributed by atoms with Gasteiger partial charge in [0.2, 0.25) is 0 Å². The molecule has 3 nitrogen and oxygen atoms in total. The molecule has 20 heavy (non-hydrogen) atoms. The first kappa shape index (κ1) is 14.5. The average Bonchev–Trinajstić information content (AvgIpc) is 2.47.